The Morgan fingerprint density at radius 3 is 2.85 bits per heavy atom. The van der Waals surface area contributed by atoms with Crippen molar-refractivity contribution >= 4 is 5.97 Å². The predicted molar refractivity (Wildman–Crippen MR) is 89.2 cm³/mol. The normalized spacial score (nSPS) is 12.2. The van der Waals surface area contributed by atoms with Crippen LogP contribution in [0.1, 0.15) is 16.3 Å². The minimum absolute atomic E-state index is 0.0717. The SMILES string of the molecule is COC(=O)c1ccc(Cn2nc(-c3ccc4c(c3)OCO4)ccc2=O)o1. The van der Waals surface area contributed by atoms with Gasteiger partial charge in [-0.2, -0.15) is 5.10 Å². The summed E-state index contributed by atoms with van der Waals surface area (Å²) in [6.45, 7) is 0.279. The Bertz CT molecular complexity index is 1040. The number of nitrogens with zero attached hydrogens (tertiary/aromatic N) is 2. The smallest absolute Gasteiger partial charge is 0.373 e. The molecule has 3 aromatic rings. The fraction of sp³-hybridized carbons (Fsp3) is 0.167. The number of rotatable bonds is 4. The van der Waals surface area contributed by atoms with E-state index in [1.54, 1.807) is 18.2 Å². The topological polar surface area (TPSA) is 92.8 Å². The van der Waals surface area contributed by atoms with Gasteiger partial charge in [0.05, 0.1) is 12.8 Å². The maximum Gasteiger partial charge on any atom is 0.373 e. The molecule has 1 aliphatic heterocycles. The number of esters is 1. The second-order valence-corrected chi connectivity index (χ2v) is 5.54. The molecule has 1 aliphatic rings. The number of methoxy groups -OCH3 is 1. The molecule has 0 spiro atoms. The monoisotopic (exact) mass is 354 g/mol. The van der Waals surface area contributed by atoms with Crippen molar-refractivity contribution in [2.45, 2.75) is 6.54 Å². The predicted octanol–water partition coefficient (Wildman–Crippen LogP) is 2.07. The van der Waals surface area contributed by atoms with Crippen molar-refractivity contribution in [3.05, 3.63) is 64.3 Å². The third-order valence-electron chi connectivity index (χ3n) is 3.89. The zero-order chi connectivity index (χ0) is 18.1. The lowest BCUT2D eigenvalue weighted by molar-refractivity contribution is 0.0562. The number of carbonyl (C=O) groups is 1. The highest BCUT2D eigenvalue weighted by Crippen LogP contribution is 2.35. The summed E-state index contributed by atoms with van der Waals surface area (Å²) in [6.07, 6.45) is 0. The van der Waals surface area contributed by atoms with E-state index in [1.165, 1.54) is 23.9 Å². The lowest BCUT2D eigenvalue weighted by Gasteiger charge is -2.06. The van der Waals surface area contributed by atoms with Crippen molar-refractivity contribution in [1.29, 1.82) is 0 Å². The number of aromatic nitrogens is 2. The highest BCUT2D eigenvalue weighted by atomic mass is 16.7. The highest BCUT2D eigenvalue weighted by Gasteiger charge is 2.16. The van der Waals surface area contributed by atoms with Gasteiger partial charge in [0.15, 0.2) is 11.5 Å². The minimum atomic E-state index is -0.578. The van der Waals surface area contributed by atoms with E-state index < -0.39 is 5.97 Å². The van der Waals surface area contributed by atoms with Gasteiger partial charge < -0.3 is 18.6 Å². The van der Waals surface area contributed by atoms with Gasteiger partial charge in [-0.05, 0) is 36.4 Å². The van der Waals surface area contributed by atoms with Crippen molar-refractivity contribution in [3.8, 4) is 22.8 Å². The molecule has 0 bridgehead atoms. The maximum absolute atomic E-state index is 12.1. The van der Waals surface area contributed by atoms with E-state index in [-0.39, 0.29) is 24.7 Å². The van der Waals surface area contributed by atoms with Crippen LogP contribution in [0.4, 0.5) is 0 Å². The van der Waals surface area contributed by atoms with Crippen LogP contribution in [0.25, 0.3) is 11.3 Å². The van der Waals surface area contributed by atoms with Crippen LogP contribution in [0.5, 0.6) is 11.5 Å². The van der Waals surface area contributed by atoms with Crippen molar-refractivity contribution in [2.24, 2.45) is 0 Å². The summed E-state index contributed by atoms with van der Waals surface area (Å²) in [4.78, 5) is 23.6. The Morgan fingerprint density at radius 2 is 2.00 bits per heavy atom. The van der Waals surface area contributed by atoms with E-state index in [0.717, 1.165) is 5.56 Å². The first-order valence-electron chi connectivity index (χ1n) is 7.79. The summed E-state index contributed by atoms with van der Waals surface area (Å²) in [7, 11) is 1.27. The molecule has 0 unspecified atom stereocenters. The van der Waals surface area contributed by atoms with Crippen LogP contribution in [-0.2, 0) is 11.3 Å². The zero-order valence-corrected chi connectivity index (χ0v) is 13.8. The largest absolute Gasteiger partial charge is 0.463 e. The first kappa shape index (κ1) is 15.9. The molecular weight excluding hydrogens is 340 g/mol. The molecule has 1 aromatic carbocycles. The number of hydrogen-bond acceptors (Lipinski definition) is 7. The van der Waals surface area contributed by atoms with Gasteiger partial charge in [-0.1, -0.05) is 0 Å². The average Bonchev–Trinajstić information content (AvgIpc) is 3.31. The third-order valence-corrected chi connectivity index (χ3v) is 3.89. The summed E-state index contributed by atoms with van der Waals surface area (Å²) in [5.74, 6) is 1.22. The molecule has 8 nitrogen and oxygen atoms in total. The summed E-state index contributed by atoms with van der Waals surface area (Å²) in [5.41, 5.74) is 1.10. The second-order valence-electron chi connectivity index (χ2n) is 5.54. The number of furan rings is 1. The molecule has 0 saturated carbocycles. The van der Waals surface area contributed by atoms with Gasteiger partial charge in [0.2, 0.25) is 12.6 Å². The van der Waals surface area contributed by atoms with E-state index in [0.29, 0.717) is 23.0 Å². The average molecular weight is 354 g/mol. The van der Waals surface area contributed by atoms with Crippen molar-refractivity contribution in [2.75, 3.05) is 13.9 Å². The van der Waals surface area contributed by atoms with Crippen LogP contribution in [0.3, 0.4) is 0 Å². The molecular formula is C18H14N2O6. The third kappa shape index (κ3) is 2.92. The second kappa shape index (κ2) is 6.40. The highest BCUT2D eigenvalue weighted by molar-refractivity contribution is 5.86. The molecule has 0 aliphatic carbocycles. The molecule has 0 atom stereocenters. The standard InChI is InChI=1S/C18H14N2O6/c1-23-18(22)15-6-3-12(26-15)9-20-17(21)7-4-13(19-20)11-2-5-14-16(8-11)25-10-24-14/h2-8H,9-10H2,1H3. The Balaban J connectivity index is 1.63. The summed E-state index contributed by atoms with van der Waals surface area (Å²) >= 11 is 0. The van der Waals surface area contributed by atoms with Crippen molar-refractivity contribution in [3.63, 3.8) is 0 Å². The molecule has 2 aromatic heterocycles. The van der Waals surface area contributed by atoms with Crippen molar-refractivity contribution in [1.82, 2.24) is 9.78 Å². The Hall–Kier alpha value is -3.55. The molecule has 3 heterocycles. The Labute approximate surface area is 147 Å². The number of fused-ring (bicyclic) bond motifs is 1. The summed E-state index contributed by atoms with van der Waals surface area (Å²) in [5, 5.41) is 4.37. The zero-order valence-electron chi connectivity index (χ0n) is 13.8. The minimum Gasteiger partial charge on any atom is -0.463 e. The molecule has 8 heteroatoms. The fourth-order valence-electron chi connectivity index (χ4n) is 2.59. The van der Waals surface area contributed by atoms with Crippen molar-refractivity contribution < 1.29 is 23.4 Å². The lowest BCUT2D eigenvalue weighted by atomic mass is 10.1. The van der Waals surface area contributed by atoms with Crippen LogP contribution < -0.4 is 15.0 Å². The molecule has 0 N–H and O–H groups in total. The molecule has 132 valence electrons. The van der Waals surface area contributed by atoms with E-state index in [4.69, 9.17) is 13.9 Å². The first-order chi connectivity index (χ1) is 12.6. The lowest BCUT2D eigenvalue weighted by Crippen LogP contribution is -2.22. The van der Waals surface area contributed by atoms with E-state index in [1.807, 2.05) is 12.1 Å². The van der Waals surface area contributed by atoms with Gasteiger partial charge in [-0.3, -0.25) is 4.79 Å². The van der Waals surface area contributed by atoms with Gasteiger partial charge in [0.25, 0.3) is 5.56 Å². The first-order valence-corrected chi connectivity index (χ1v) is 7.79. The Morgan fingerprint density at radius 1 is 1.15 bits per heavy atom. The molecule has 0 amide bonds. The van der Waals surface area contributed by atoms with Gasteiger partial charge in [-0.25, -0.2) is 9.48 Å². The number of carbonyl (C=O) groups excluding carboxylic acids is 1. The molecule has 4 rings (SSSR count). The van der Waals surface area contributed by atoms with Gasteiger partial charge in [0.1, 0.15) is 12.3 Å². The molecule has 0 fully saturated rings. The van der Waals surface area contributed by atoms with Crippen LogP contribution in [0.15, 0.2) is 51.7 Å². The van der Waals surface area contributed by atoms with Crippen LogP contribution in [-0.4, -0.2) is 29.7 Å². The molecule has 0 saturated heterocycles. The van der Waals surface area contributed by atoms with E-state index in [9.17, 15) is 9.59 Å². The van der Waals surface area contributed by atoms with Gasteiger partial charge >= 0.3 is 5.97 Å². The Kier molecular flexibility index (Phi) is 3.92. The summed E-state index contributed by atoms with van der Waals surface area (Å²) in [6, 6.07) is 11.6. The summed E-state index contributed by atoms with van der Waals surface area (Å²) < 4.78 is 21.9. The van der Waals surface area contributed by atoms with Crippen LogP contribution in [0.2, 0.25) is 0 Å². The quantitative estimate of drug-likeness (QED) is 0.662. The van der Waals surface area contributed by atoms with E-state index >= 15 is 0 Å². The fourth-order valence-corrected chi connectivity index (χ4v) is 2.59. The number of hydrogen-bond donors (Lipinski definition) is 0. The van der Waals surface area contributed by atoms with Crippen LogP contribution >= 0.6 is 0 Å². The number of benzene rings is 1. The number of ether oxygens (including phenoxy) is 3. The van der Waals surface area contributed by atoms with E-state index in [2.05, 4.69) is 9.84 Å². The van der Waals surface area contributed by atoms with Crippen LogP contribution in [0, 0.1) is 0 Å². The van der Waals surface area contributed by atoms with Gasteiger partial charge in [-0.15, -0.1) is 0 Å². The maximum atomic E-state index is 12.1. The molecule has 26 heavy (non-hydrogen) atoms. The van der Waals surface area contributed by atoms with Gasteiger partial charge in [0, 0.05) is 11.6 Å². The molecule has 0 radical (unpaired) electrons.